The highest BCUT2D eigenvalue weighted by molar-refractivity contribution is 5.75. The van der Waals surface area contributed by atoms with Crippen molar-refractivity contribution in [3.05, 3.63) is 0 Å². The molecule has 2 heterocycles. The average Bonchev–Trinajstić information content (AvgIpc) is 2.40. The minimum Gasteiger partial charge on any atom is -0.338 e. The summed E-state index contributed by atoms with van der Waals surface area (Å²) in [6, 6.07) is 1.03. The van der Waals surface area contributed by atoms with Gasteiger partial charge in [0.05, 0.1) is 0 Å². The standard InChI is InChI=1S/C10H19N3O/c1-2-12-10(14)13-8-3-4-9(13)7-11-6-5-8/h8-9,11H,2-7H2,1H3,(H,12,14)/t8-,9+/m1/s1. The van der Waals surface area contributed by atoms with Crippen molar-refractivity contribution in [3.8, 4) is 0 Å². The third-order valence-electron chi connectivity index (χ3n) is 3.22. The Hall–Kier alpha value is -0.770. The number of nitrogens with zero attached hydrogens (tertiary/aromatic N) is 1. The topological polar surface area (TPSA) is 44.4 Å². The second kappa shape index (κ2) is 4.17. The molecule has 0 aromatic rings. The average molecular weight is 197 g/mol. The van der Waals surface area contributed by atoms with E-state index in [4.69, 9.17) is 0 Å². The summed E-state index contributed by atoms with van der Waals surface area (Å²) in [6.07, 6.45) is 3.45. The Morgan fingerprint density at radius 3 is 3.00 bits per heavy atom. The molecular formula is C10H19N3O. The van der Waals surface area contributed by atoms with Gasteiger partial charge in [0.2, 0.25) is 0 Å². The fourth-order valence-corrected chi connectivity index (χ4v) is 2.56. The maximum Gasteiger partial charge on any atom is 0.317 e. The molecule has 2 aliphatic heterocycles. The van der Waals surface area contributed by atoms with Crippen LogP contribution < -0.4 is 10.6 Å². The van der Waals surface area contributed by atoms with Gasteiger partial charge in [0.1, 0.15) is 0 Å². The number of rotatable bonds is 1. The zero-order chi connectivity index (χ0) is 9.97. The fraction of sp³-hybridized carbons (Fsp3) is 0.900. The van der Waals surface area contributed by atoms with Crippen molar-refractivity contribution in [2.24, 2.45) is 0 Å². The normalized spacial score (nSPS) is 31.4. The minimum atomic E-state index is 0.128. The first-order chi connectivity index (χ1) is 6.83. The van der Waals surface area contributed by atoms with Gasteiger partial charge >= 0.3 is 6.03 Å². The largest absolute Gasteiger partial charge is 0.338 e. The molecule has 0 unspecified atom stereocenters. The zero-order valence-electron chi connectivity index (χ0n) is 8.75. The first-order valence-corrected chi connectivity index (χ1v) is 5.59. The van der Waals surface area contributed by atoms with Crippen molar-refractivity contribution in [1.29, 1.82) is 0 Å². The predicted molar refractivity (Wildman–Crippen MR) is 55.2 cm³/mol. The molecule has 0 saturated carbocycles. The van der Waals surface area contributed by atoms with Crippen LogP contribution >= 0.6 is 0 Å². The lowest BCUT2D eigenvalue weighted by Crippen LogP contribution is -2.47. The van der Waals surface area contributed by atoms with Crippen LogP contribution in [0.25, 0.3) is 0 Å². The molecular weight excluding hydrogens is 178 g/mol. The third kappa shape index (κ3) is 1.71. The highest BCUT2D eigenvalue weighted by Gasteiger charge is 2.37. The van der Waals surface area contributed by atoms with Gasteiger partial charge in [0.15, 0.2) is 0 Å². The van der Waals surface area contributed by atoms with E-state index >= 15 is 0 Å². The number of fused-ring (bicyclic) bond motifs is 2. The molecule has 2 amide bonds. The summed E-state index contributed by atoms with van der Waals surface area (Å²) in [7, 11) is 0. The Labute approximate surface area is 85.0 Å². The van der Waals surface area contributed by atoms with Crippen LogP contribution in [0.5, 0.6) is 0 Å². The quantitative estimate of drug-likeness (QED) is 0.644. The van der Waals surface area contributed by atoms with E-state index in [0.717, 1.165) is 32.5 Å². The lowest BCUT2D eigenvalue weighted by molar-refractivity contribution is 0.177. The minimum absolute atomic E-state index is 0.128. The van der Waals surface area contributed by atoms with E-state index in [2.05, 4.69) is 15.5 Å². The molecule has 0 spiro atoms. The Morgan fingerprint density at radius 1 is 1.43 bits per heavy atom. The number of amides is 2. The van der Waals surface area contributed by atoms with Crippen molar-refractivity contribution in [1.82, 2.24) is 15.5 Å². The summed E-state index contributed by atoms with van der Waals surface area (Å²) in [6.45, 7) is 4.71. The maximum atomic E-state index is 11.8. The summed E-state index contributed by atoms with van der Waals surface area (Å²) in [5.41, 5.74) is 0. The van der Waals surface area contributed by atoms with Crippen LogP contribution in [0.1, 0.15) is 26.2 Å². The molecule has 4 nitrogen and oxygen atoms in total. The lowest BCUT2D eigenvalue weighted by Gasteiger charge is -2.27. The number of hydrogen-bond acceptors (Lipinski definition) is 2. The van der Waals surface area contributed by atoms with Crippen LogP contribution in [0.4, 0.5) is 4.79 Å². The van der Waals surface area contributed by atoms with E-state index in [1.165, 1.54) is 6.42 Å². The third-order valence-corrected chi connectivity index (χ3v) is 3.22. The molecule has 0 aromatic heterocycles. The van der Waals surface area contributed by atoms with Gasteiger partial charge in [-0.15, -0.1) is 0 Å². The Morgan fingerprint density at radius 2 is 2.21 bits per heavy atom. The van der Waals surface area contributed by atoms with Crippen molar-refractivity contribution >= 4 is 6.03 Å². The first kappa shape index (κ1) is 9.77. The Bertz CT molecular complexity index is 205. The Kier molecular flexibility index (Phi) is 2.91. The number of carbonyl (C=O) groups excluding carboxylic acids is 1. The van der Waals surface area contributed by atoms with Gasteiger partial charge in [-0.1, -0.05) is 0 Å². The van der Waals surface area contributed by atoms with Crippen molar-refractivity contribution in [2.45, 2.75) is 38.3 Å². The molecule has 0 aromatic carbocycles. The van der Waals surface area contributed by atoms with Crippen LogP contribution in [0.3, 0.4) is 0 Å². The summed E-state index contributed by atoms with van der Waals surface area (Å²) in [5.74, 6) is 0. The Balaban J connectivity index is 2.05. The highest BCUT2D eigenvalue weighted by Crippen LogP contribution is 2.27. The van der Waals surface area contributed by atoms with Gasteiger partial charge in [0, 0.05) is 25.2 Å². The second-order valence-corrected chi connectivity index (χ2v) is 4.12. The summed E-state index contributed by atoms with van der Waals surface area (Å²) < 4.78 is 0. The zero-order valence-corrected chi connectivity index (χ0v) is 8.75. The molecule has 2 bridgehead atoms. The van der Waals surface area contributed by atoms with Crippen LogP contribution in [0, 0.1) is 0 Å². The lowest BCUT2D eigenvalue weighted by atomic mass is 10.1. The van der Waals surface area contributed by atoms with Crippen LogP contribution in [0.2, 0.25) is 0 Å². The molecule has 4 heteroatoms. The van der Waals surface area contributed by atoms with E-state index in [1.54, 1.807) is 0 Å². The second-order valence-electron chi connectivity index (χ2n) is 4.12. The van der Waals surface area contributed by atoms with Crippen molar-refractivity contribution < 1.29 is 4.79 Å². The fourth-order valence-electron chi connectivity index (χ4n) is 2.56. The van der Waals surface area contributed by atoms with Gasteiger partial charge < -0.3 is 15.5 Å². The van der Waals surface area contributed by atoms with Crippen molar-refractivity contribution in [2.75, 3.05) is 19.6 Å². The predicted octanol–water partition coefficient (Wildman–Crippen LogP) is 0.542. The summed E-state index contributed by atoms with van der Waals surface area (Å²) in [4.78, 5) is 13.9. The maximum absolute atomic E-state index is 11.8. The van der Waals surface area contributed by atoms with Crippen LogP contribution in [0.15, 0.2) is 0 Å². The van der Waals surface area contributed by atoms with Gasteiger partial charge in [-0.3, -0.25) is 0 Å². The molecule has 2 aliphatic rings. The van der Waals surface area contributed by atoms with E-state index in [1.807, 2.05) is 6.92 Å². The van der Waals surface area contributed by atoms with Gasteiger partial charge in [-0.05, 0) is 32.7 Å². The van der Waals surface area contributed by atoms with E-state index < -0.39 is 0 Å². The molecule has 0 aliphatic carbocycles. The number of carbonyl (C=O) groups is 1. The van der Waals surface area contributed by atoms with Gasteiger partial charge in [-0.2, -0.15) is 0 Å². The van der Waals surface area contributed by atoms with Crippen LogP contribution in [-0.2, 0) is 0 Å². The summed E-state index contributed by atoms with van der Waals surface area (Å²) in [5, 5.41) is 6.29. The summed E-state index contributed by atoms with van der Waals surface area (Å²) >= 11 is 0. The molecule has 2 N–H and O–H groups in total. The molecule has 2 saturated heterocycles. The smallest absolute Gasteiger partial charge is 0.317 e. The van der Waals surface area contributed by atoms with E-state index in [9.17, 15) is 4.79 Å². The first-order valence-electron chi connectivity index (χ1n) is 5.59. The van der Waals surface area contributed by atoms with Crippen molar-refractivity contribution in [3.63, 3.8) is 0 Å². The number of urea groups is 1. The molecule has 0 radical (unpaired) electrons. The van der Waals surface area contributed by atoms with Gasteiger partial charge in [0.25, 0.3) is 0 Å². The monoisotopic (exact) mass is 197 g/mol. The SMILES string of the molecule is CCNC(=O)N1[C@H]2CCNC[C@@H]1CC2. The molecule has 14 heavy (non-hydrogen) atoms. The number of nitrogens with one attached hydrogen (secondary N) is 2. The van der Waals surface area contributed by atoms with E-state index in [-0.39, 0.29) is 6.03 Å². The van der Waals surface area contributed by atoms with Gasteiger partial charge in [-0.25, -0.2) is 4.79 Å². The highest BCUT2D eigenvalue weighted by atomic mass is 16.2. The molecule has 2 fully saturated rings. The molecule has 2 atom stereocenters. The van der Waals surface area contributed by atoms with E-state index in [0.29, 0.717) is 12.1 Å². The molecule has 80 valence electrons. The molecule has 2 rings (SSSR count). The number of hydrogen-bond donors (Lipinski definition) is 2. The van der Waals surface area contributed by atoms with Crippen LogP contribution in [-0.4, -0.2) is 42.6 Å².